The number of carbonyl (C=O) groups is 1. The fourth-order valence-electron chi connectivity index (χ4n) is 1.74. The van der Waals surface area contributed by atoms with Gasteiger partial charge in [-0.15, -0.1) is 0 Å². The summed E-state index contributed by atoms with van der Waals surface area (Å²) in [4.78, 5) is 12.0. The number of methoxy groups -OCH3 is 1. The number of carbonyl (C=O) groups excluding carboxylic acids is 1. The van der Waals surface area contributed by atoms with Crippen molar-refractivity contribution in [3.8, 4) is 0 Å². The van der Waals surface area contributed by atoms with Crippen LogP contribution in [0, 0.1) is 0 Å². The molecule has 0 aromatic heterocycles. The minimum atomic E-state index is -0.236. The van der Waals surface area contributed by atoms with Crippen LogP contribution in [0.2, 0.25) is 10.0 Å². The van der Waals surface area contributed by atoms with Crippen molar-refractivity contribution in [2.24, 2.45) is 0 Å². The van der Waals surface area contributed by atoms with Gasteiger partial charge in [-0.1, -0.05) is 23.2 Å². The highest BCUT2D eigenvalue weighted by Crippen LogP contribution is 2.25. The van der Waals surface area contributed by atoms with Crippen molar-refractivity contribution in [1.82, 2.24) is 0 Å². The van der Waals surface area contributed by atoms with Gasteiger partial charge in [-0.2, -0.15) is 0 Å². The summed E-state index contributed by atoms with van der Waals surface area (Å²) in [5.41, 5.74) is 0.527. The molecule has 19 heavy (non-hydrogen) atoms. The zero-order valence-electron chi connectivity index (χ0n) is 11.2. The maximum absolute atomic E-state index is 12.0. The summed E-state index contributed by atoms with van der Waals surface area (Å²) in [6, 6.07) is 4.94. The van der Waals surface area contributed by atoms with E-state index in [-0.39, 0.29) is 18.0 Å². The molecule has 1 rings (SSSR count). The van der Waals surface area contributed by atoms with E-state index in [1.807, 2.05) is 19.2 Å². The van der Waals surface area contributed by atoms with Gasteiger partial charge in [0, 0.05) is 12.1 Å². The third kappa shape index (κ3) is 5.37. The van der Waals surface area contributed by atoms with E-state index in [1.165, 1.54) is 0 Å². The van der Waals surface area contributed by atoms with Gasteiger partial charge in [0.2, 0.25) is 0 Å². The molecule has 0 aliphatic heterocycles. The van der Waals surface area contributed by atoms with E-state index < -0.39 is 0 Å². The SMILES string of the molecule is COC[C@H](C)[NH2+][C@@H](C)C(=O)Nc1cc(Cl)ccc1Cl. The molecular formula is C13H19Cl2N2O2+. The predicted octanol–water partition coefficient (Wildman–Crippen LogP) is 1.92. The summed E-state index contributed by atoms with van der Waals surface area (Å²) >= 11 is 11.9. The molecular weight excluding hydrogens is 287 g/mol. The number of benzene rings is 1. The Kier molecular flexibility index (Phi) is 6.58. The van der Waals surface area contributed by atoms with Crippen molar-refractivity contribution < 1.29 is 14.8 Å². The van der Waals surface area contributed by atoms with E-state index >= 15 is 0 Å². The van der Waals surface area contributed by atoms with Crippen LogP contribution in [0.25, 0.3) is 0 Å². The molecule has 3 N–H and O–H groups in total. The van der Waals surface area contributed by atoms with Crippen molar-refractivity contribution in [2.75, 3.05) is 19.0 Å². The Balaban J connectivity index is 2.61. The Morgan fingerprint density at radius 1 is 1.42 bits per heavy atom. The number of rotatable bonds is 6. The number of hydrogen-bond donors (Lipinski definition) is 2. The molecule has 0 bridgehead atoms. The first kappa shape index (κ1) is 16.2. The molecule has 1 aromatic rings. The number of halogens is 2. The maximum atomic E-state index is 12.0. The molecule has 1 aromatic carbocycles. The summed E-state index contributed by atoms with van der Waals surface area (Å²) < 4.78 is 5.04. The Morgan fingerprint density at radius 2 is 2.11 bits per heavy atom. The van der Waals surface area contributed by atoms with Gasteiger partial charge < -0.3 is 15.4 Å². The highest BCUT2D eigenvalue weighted by molar-refractivity contribution is 6.35. The third-order valence-corrected chi connectivity index (χ3v) is 3.21. The molecule has 0 radical (unpaired) electrons. The lowest BCUT2D eigenvalue weighted by molar-refractivity contribution is -0.704. The number of anilines is 1. The van der Waals surface area contributed by atoms with Crippen molar-refractivity contribution in [2.45, 2.75) is 25.9 Å². The third-order valence-electron chi connectivity index (χ3n) is 2.65. The molecule has 0 saturated heterocycles. The molecule has 0 fully saturated rings. The lowest BCUT2D eigenvalue weighted by atomic mass is 10.2. The number of amides is 1. The molecule has 0 aliphatic rings. The second-order valence-electron chi connectivity index (χ2n) is 4.53. The molecule has 2 atom stereocenters. The number of nitrogens with one attached hydrogen (secondary N) is 1. The predicted molar refractivity (Wildman–Crippen MR) is 77.8 cm³/mol. The van der Waals surface area contributed by atoms with Crippen molar-refractivity contribution >= 4 is 34.8 Å². The Morgan fingerprint density at radius 3 is 2.74 bits per heavy atom. The van der Waals surface area contributed by atoms with Crippen LogP contribution < -0.4 is 10.6 Å². The van der Waals surface area contributed by atoms with E-state index in [1.54, 1.807) is 25.3 Å². The maximum Gasteiger partial charge on any atom is 0.282 e. The van der Waals surface area contributed by atoms with E-state index in [0.717, 1.165) is 0 Å². The van der Waals surface area contributed by atoms with Crippen LogP contribution in [-0.2, 0) is 9.53 Å². The summed E-state index contributed by atoms with van der Waals surface area (Å²) in [7, 11) is 1.64. The van der Waals surface area contributed by atoms with Gasteiger partial charge in [0.05, 0.1) is 17.3 Å². The molecule has 4 nitrogen and oxygen atoms in total. The number of nitrogens with two attached hydrogens (primary N) is 1. The molecule has 0 spiro atoms. The minimum absolute atomic E-state index is 0.118. The van der Waals surface area contributed by atoms with Crippen LogP contribution in [0.4, 0.5) is 5.69 Å². The normalized spacial score (nSPS) is 13.9. The molecule has 106 valence electrons. The van der Waals surface area contributed by atoms with Crippen molar-refractivity contribution in [3.05, 3.63) is 28.2 Å². The molecule has 0 heterocycles. The Hall–Kier alpha value is -0.810. The second kappa shape index (κ2) is 7.70. The number of quaternary nitrogens is 1. The molecule has 0 unspecified atom stereocenters. The van der Waals surface area contributed by atoms with Gasteiger partial charge in [0.15, 0.2) is 6.04 Å². The summed E-state index contributed by atoms with van der Waals surface area (Å²) in [6.07, 6.45) is 0. The zero-order chi connectivity index (χ0) is 14.4. The van der Waals surface area contributed by atoms with Crippen molar-refractivity contribution in [1.29, 1.82) is 0 Å². The monoisotopic (exact) mass is 305 g/mol. The average Bonchev–Trinajstić information content (AvgIpc) is 2.34. The topological polar surface area (TPSA) is 54.9 Å². The van der Waals surface area contributed by atoms with Gasteiger partial charge in [0.1, 0.15) is 6.04 Å². The Labute approximate surface area is 123 Å². The van der Waals surface area contributed by atoms with Gasteiger partial charge in [-0.05, 0) is 32.0 Å². The van der Waals surface area contributed by atoms with E-state index in [4.69, 9.17) is 27.9 Å². The minimum Gasteiger partial charge on any atom is -0.379 e. The molecule has 6 heteroatoms. The lowest BCUT2D eigenvalue weighted by Crippen LogP contribution is -2.96. The fourth-order valence-corrected chi connectivity index (χ4v) is 2.08. The van der Waals surface area contributed by atoms with Crippen LogP contribution >= 0.6 is 23.2 Å². The first-order valence-electron chi connectivity index (χ1n) is 6.04. The van der Waals surface area contributed by atoms with Gasteiger partial charge >= 0.3 is 0 Å². The smallest absolute Gasteiger partial charge is 0.282 e. The summed E-state index contributed by atoms with van der Waals surface area (Å²) in [5.74, 6) is -0.118. The quantitative estimate of drug-likeness (QED) is 0.843. The highest BCUT2D eigenvalue weighted by Gasteiger charge is 2.20. The molecule has 0 saturated carbocycles. The van der Waals surface area contributed by atoms with E-state index in [9.17, 15) is 4.79 Å². The molecule has 0 aliphatic carbocycles. The van der Waals surface area contributed by atoms with Crippen LogP contribution in [0.5, 0.6) is 0 Å². The average molecular weight is 306 g/mol. The zero-order valence-corrected chi connectivity index (χ0v) is 12.8. The Bertz CT molecular complexity index is 441. The van der Waals surface area contributed by atoms with E-state index in [0.29, 0.717) is 22.3 Å². The number of ether oxygens (including phenoxy) is 1. The van der Waals surface area contributed by atoms with Gasteiger partial charge in [0.25, 0.3) is 5.91 Å². The van der Waals surface area contributed by atoms with E-state index in [2.05, 4.69) is 5.32 Å². The van der Waals surface area contributed by atoms with Crippen molar-refractivity contribution in [3.63, 3.8) is 0 Å². The van der Waals surface area contributed by atoms with Crippen LogP contribution in [0.15, 0.2) is 18.2 Å². The van der Waals surface area contributed by atoms with Crippen LogP contribution in [0.1, 0.15) is 13.8 Å². The van der Waals surface area contributed by atoms with Gasteiger partial charge in [-0.3, -0.25) is 4.79 Å². The number of hydrogen-bond acceptors (Lipinski definition) is 2. The molecule has 1 amide bonds. The van der Waals surface area contributed by atoms with Crippen LogP contribution in [-0.4, -0.2) is 31.7 Å². The summed E-state index contributed by atoms with van der Waals surface area (Å²) in [5, 5.41) is 5.71. The largest absolute Gasteiger partial charge is 0.379 e. The second-order valence-corrected chi connectivity index (χ2v) is 5.37. The first-order chi connectivity index (χ1) is 8.93. The summed E-state index contributed by atoms with van der Waals surface area (Å²) in [6.45, 7) is 4.43. The van der Waals surface area contributed by atoms with Gasteiger partial charge in [-0.25, -0.2) is 0 Å². The standard InChI is InChI=1S/C13H18Cl2N2O2/c1-8(7-19-3)16-9(2)13(18)17-12-6-10(14)4-5-11(12)15/h4-6,8-9,16H,7H2,1-3H3,(H,17,18)/p+1/t8-,9-/m0/s1. The first-order valence-corrected chi connectivity index (χ1v) is 6.79. The lowest BCUT2D eigenvalue weighted by Gasteiger charge is -2.16. The fraction of sp³-hybridized carbons (Fsp3) is 0.462. The highest BCUT2D eigenvalue weighted by atomic mass is 35.5. The van der Waals surface area contributed by atoms with Crippen LogP contribution in [0.3, 0.4) is 0 Å².